The van der Waals surface area contributed by atoms with Crippen LogP contribution in [0.15, 0.2) is 41.5 Å². The summed E-state index contributed by atoms with van der Waals surface area (Å²) in [6.45, 7) is 2.44. The highest BCUT2D eigenvalue weighted by Crippen LogP contribution is 2.16. The van der Waals surface area contributed by atoms with Gasteiger partial charge in [0.1, 0.15) is 6.61 Å². The number of rotatable bonds is 8. The number of ether oxygens (including phenoxy) is 1. The van der Waals surface area contributed by atoms with Crippen molar-refractivity contribution < 1.29 is 17.9 Å². The van der Waals surface area contributed by atoms with Crippen molar-refractivity contribution in [1.82, 2.24) is 20.4 Å². The molecule has 1 aromatic heterocycles. The molecule has 0 saturated heterocycles. The maximum absolute atomic E-state index is 12.1. The average Bonchev–Trinajstić information content (AvgIpc) is 3.02. The quantitative estimate of drug-likeness (QED) is 0.544. The molecule has 27 heavy (non-hydrogen) atoms. The van der Waals surface area contributed by atoms with Crippen molar-refractivity contribution in [3.05, 3.63) is 53.3 Å². The number of hydrogen-bond donors (Lipinski definition) is 2. The summed E-state index contributed by atoms with van der Waals surface area (Å²) < 4.78 is 42.7. The van der Waals surface area contributed by atoms with E-state index in [1.54, 1.807) is 23.0 Å². The van der Waals surface area contributed by atoms with Gasteiger partial charge in [-0.15, -0.1) is 0 Å². The number of aromatic nitrogens is 2. The van der Waals surface area contributed by atoms with Gasteiger partial charge in [0.2, 0.25) is 0 Å². The van der Waals surface area contributed by atoms with E-state index in [4.69, 9.17) is 0 Å². The molecule has 148 valence electrons. The molecule has 0 amide bonds. The van der Waals surface area contributed by atoms with E-state index in [9.17, 15) is 13.2 Å². The average molecular weight is 383 g/mol. The van der Waals surface area contributed by atoms with Crippen LogP contribution in [0.3, 0.4) is 0 Å². The zero-order chi connectivity index (χ0) is 19.7. The van der Waals surface area contributed by atoms with Crippen molar-refractivity contribution >= 4 is 5.96 Å². The minimum atomic E-state index is -4.31. The van der Waals surface area contributed by atoms with E-state index in [2.05, 4.69) is 25.5 Å². The Balaban J connectivity index is 1.86. The van der Waals surface area contributed by atoms with Crippen molar-refractivity contribution in [2.45, 2.75) is 32.8 Å². The molecule has 2 aromatic rings. The van der Waals surface area contributed by atoms with Crippen LogP contribution in [-0.2, 0) is 31.5 Å². The lowest BCUT2D eigenvalue weighted by Crippen LogP contribution is -2.37. The van der Waals surface area contributed by atoms with Crippen LogP contribution in [-0.4, -0.2) is 35.1 Å². The minimum Gasteiger partial charge on any atom is -0.367 e. The number of aliphatic imine (C=N–C) groups is 1. The van der Waals surface area contributed by atoms with Crippen LogP contribution in [0.25, 0.3) is 0 Å². The molecule has 1 heterocycles. The predicted molar refractivity (Wildman–Crippen MR) is 97.0 cm³/mol. The summed E-state index contributed by atoms with van der Waals surface area (Å²) >= 11 is 0. The Morgan fingerprint density at radius 3 is 2.44 bits per heavy atom. The Morgan fingerprint density at radius 2 is 1.85 bits per heavy atom. The fourth-order valence-electron chi connectivity index (χ4n) is 2.29. The molecule has 2 rings (SSSR count). The maximum Gasteiger partial charge on any atom is 0.411 e. The molecule has 0 aliphatic heterocycles. The molecule has 0 radical (unpaired) electrons. The summed E-state index contributed by atoms with van der Waals surface area (Å²) in [6.07, 6.45) is -2.57. The highest BCUT2D eigenvalue weighted by molar-refractivity contribution is 5.79. The van der Waals surface area contributed by atoms with E-state index in [0.717, 1.165) is 17.8 Å². The number of hydrogen-bond acceptors (Lipinski definition) is 3. The molecular weight excluding hydrogens is 359 g/mol. The molecule has 0 aliphatic carbocycles. The van der Waals surface area contributed by atoms with Crippen molar-refractivity contribution in [1.29, 1.82) is 0 Å². The Labute approximate surface area is 156 Å². The third-order valence-electron chi connectivity index (χ3n) is 3.68. The number of nitrogens with one attached hydrogen (secondary N) is 2. The van der Waals surface area contributed by atoms with Crippen molar-refractivity contribution in [3.63, 3.8) is 0 Å². The number of nitrogens with zero attached hydrogens (tertiary/aromatic N) is 3. The lowest BCUT2D eigenvalue weighted by molar-refractivity contribution is -0.176. The minimum absolute atomic E-state index is 0.0715. The molecule has 0 atom stereocenters. The van der Waals surface area contributed by atoms with Crippen LogP contribution >= 0.6 is 0 Å². The predicted octanol–water partition coefficient (Wildman–Crippen LogP) is 2.75. The van der Waals surface area contributed by atoms with Gasteiger partial charge in [-0.05, 0) is 24.1 Å². The van der Waals surface area contributed by atoms with Crippen LogP contribution in [0.4, 0.5) is 13.2 Å². The zero-order valence-electron chi connectivity index (χ0n) is 15.4. The van der Waals surface area contributed by atoms with Gasteiger partial charge in [-0.25, -0.2) is 4.99 Å². The van der Waals surface area contributed by atoms with Gasteiger partial charge < -0.3 is 15.4 Å². The van der Waals surface area contributed by atoms with Gasteiger partial charge in [0.15, 0.2) is 5.96 Å². The zero-order valence-corrected chi connectivity index (χ0v) is 15.4. The van der Waals surface area contributed by atoms with E-state index >= 15 is 0 Å². The third kappa shape index (κ3) is 7.69. The number of guanidine groups is 1. The second kappa shape index (κ2) is 9.96. The molecule has 0 aliphatic rings. The highest BCUT2D eigenvalue weighted by Gasteiger charge is 2.27. The molecular formula is C18H24F3N5O. The molecule has 6 nitrogen and oxygen atoms in total. The first-order chi connectivity index (χ1) is 12.9. The first-order valence-corrected chi connectivity index (χ1v) is 8.58. The van der Waals surface area contributed by atoms with Crippen LogP contribution in [0.2, 0.25) is 0 Å². The Kier molecular flexibility index (Phi) is 7.66. The molecule has 0 saturated carbocycles. The van der Waals surface area contributed by atoms with E-state index in [1.165, 1.54) is 0 Å². The standard InChI is InChI=1S/C18H24F3N5O/c1-3-22-17(24-11-16-8-9-25-26(16)2)23-10-14-4-6-15(7-5-14)12-27-13-18(19,20)21/h4-9H,3,10-13H2,1-2H3,(H2,22,23,24). The van der Waals surface area contributed by atoms with Crippen molar-refractivity contribution in [2.24, 2.45) is 12.0 Å². The second-order valence-electron chi connectivity index (χ2n) is 5.92. The molecule has 2 N–H and O–H groups in total. The number of alkyl halides is 3. The van der Waals surface area contributed by atoms with Gasteiger partial charge in [-0.3, -0.25) is 4.68 Å². The summed E-state index contributed by atoms with van der Waals surface area (Å²) in [5, 5.41) is 10.5. The Morgan fingerprint density at radius 1 is 1.15 bits per heavy atom. The van der Waals surface area contributed by atoms with Crippen molar-refractivity contribution in [3.8, 4) is 0 Å². The monoisotopic (exact) mass is 383 g/mol. The lowest BCUT2D eigenvalue weighted by Gasteiger charge is -2.11. The first-order valence-electron chi connectivity index (χ1n) is 8.58. The number of benzene rings is 1. The smallest absolute Gasteiger partial charge is 0.367 e. The first kappa shape index (κ1) is 20.8. The normalized spacial score (nSPS) is 12.3. The summed E-state index contributed by atoms with van der Waals surface area (Å²) in [5.41, 5.74) is 2.67. The van der Waals surface area contributed by atoms with Crippen LogP contribution in [0.1, 0.15) is 23.7 Å². The van der Waals surface area contributed by atoms with Crippen molar-refractivity contribution in [2.75, 3.05) is 13.2 Å². The van der Waals surface area contributed by atoms with Gasteiger partial charge in [0.05, 0.1) is 25.4 Å². The fourth-order valence-corrected chi connectivity index (χ4v) is 2.29. The van der Waals surface area contributed by atoms with E-state index in [-0.39, 0.29) is 6.61 Å². The van der Waals surface area contributed by atoms with Gasteiger partial charge in [0, 0.05) is 19.8 Å². The van der Waals surface area contributed by atoms with Gasteiger partial charge in [-0.1, -0.05) is 24.3 Å². The number of aryl methyl sites for hydroxylation is 1. The fraction of sp³-hybridized carbons (Fsp3) is 0.444. The molecule has 1 aromatic carbocycles. The molecule has 0 unspecified atom stereocenters. The maximum atomic E-state index is 12.1. The summed E-state index contributed by atoms with van der Waals surface area (Å²) in [6, 6.07) is 9.09. The summed E-state index contributed by atoms with van der Waals surface area (Å²) in [5.74, 6) is 0.677. The topological polar surface area (TPSA) is 63.5 Å². The van der Waals surface area contributed by atoms with Crippen LogP contribution < -0.4 is 10.6 Å². The highest BCUT2D eigenvalue weighted by atomic mass is 19.4. The Hall–Kier alpha value is -2.55. The van der Waals surface area contributed by atoms with Gasteiger partial charge in [0.25, 0.3) is 0 Å². The lowest BCUT2D eigenvalue weighted by atomic mass is 10.1. The molecule has 0 bridgehead atoms. The van der Waals surface area contributed by atoms with E-state index < -0.39 is 12.8 Å². The largest absolute Gasteiger partial charge is 0.411 e. The van der Waals surface area contributed by atoms with Gasteiger partial charge in [-0.2, -0.15) is 18.3 Å². The molecule has 0 fully saturated rings. The van der Waals surface area contributed by atoms with Crippen LogP contribution in [0, 0.1) is 0 Å². The molecule has 9 heteroatoms. The third-order valence-corrected chi connectivity index (χ3v) is 3.68. The second-order valence-corrected chi connectivity index (χ2v) is 5.92. The molecule has 0 spiro atoms. The van der Waals surface area contributed by atoms with Crippen LogP contribution in [0.5, 0.6) is 0 Å². The van der Waals surface area contributed by atoms with E-state index in [1.807, 2.05) is 32.2 Å². The summed E-state index contributed by atoms with van der Waals surface area (Å²) in [4.78, 5) is 4.52. The van der Waals surface area contributed by atoms with Gasteiger partial charge >= 0.3 is 6.18 Å². The van der Waals surface area contributed by atoms with E-state index in [0.29, 0.717) is 24.6 Å². The number of halogens is 3. The summed E-state index contributed by atoms with van der Waals surface area (Å²) in [7, 11) is 1.88. The SMILES string of the molecule is CCNC(=NCc1ccc(COCC(F)(F)F)cc1)NCc1ccnn1C. The Bertz CT molecular complexity index is 725.